The molecule has 0 saturated carbocycles. The SMILES string of the molecule is COC(=O)C(CNCC(O)CC(C)(C)C)NC(C)=O. The summed E-state index contributed by atoms with van der Waals surface area (Å²) >= 11 is 0. The Bertz CT molecular complexity index is 300. The van der Waals surface area contributed by atoms with Crippen molar-refractivity contribution in [2.45, 2.75) is 46.3 Å². The van der Waals surface area contributed by atoms with E-state index in [-0.39, 0.29) is 17.9 Å². The molecule has 0 aromatic heterocycles. The van der Waals surface area contributed by atoms with Crippen LogP contribution in [-0.2, 0) is 14.3 Å². The Morgan fingerprint density at radius 2 is 1.84 bits per heavy atom. The van der Waals surface area contributed by atoms with Gasteiger partial charge in [0.1, 0.15) is 6.04 Å². The molecule has 3 N–H and O–H groups in total. The molecule has 112 valence electrons. The second-order valence-electron chi connectivity index (χ2n) is 5.85. The maximum absolute atomic E-state index is 11.4. The van der Waals surface area contributed by atoms with Crippen LogP contribution in [0.1, 0.15) is 34.1 Å². The molecular formula is C13H26N2O4. The highest BCUT2D eigenvalue weighted by atomic mass is 16.5. The van der Waals surface area contributed by atoms with E-state index in [4.69, 9.17) is 0 Å². The second kappa shape index (κ2) is 8.12. The number of carbonyl (C=O) groups is 2. The van der Waals surface area contributed by atoms with E-state index in [1.54, 1.807) is 0 Å². The number of aliphatic hydroxyl groups excluding tert-OH is 1. The van der Waals surface area contributed by atoms with E-state index in [0.717, 1.165) is 0 Å². The van der Waals surface area contributed by atoms with Crippen LogP contribution in [0, 0.1) is 5.41 Å². The van der Waals surface area contributed by atoms with E-state index in [0.29, 0.717) is 13.0 Å². The third-order valence-corrected chi connectivity index (χ3v) is 2.44. The van der Waals surface area contributed by atoms with Crippen LogP contribution in [0.15, 0.2) is 0 Å². The molecule has 6 nitrogen and oxygen atoms in total. The number of hydrogen-bond acceptors (Lipinski definition) is 5. The Balaban J connectivity index is 4.12. The van der Waals surface area contributed by atoms with Crippen molar-refractivity contribution in [3.8, 4) is 0 Å². The average molecular weight is 274 g/mol. The molecule has 0 aromatic carbocycles. The van der Waals surface area contributed by atoms with Crippen LogP contribution >= 0.6 is 0 Å². The van der Waals surface area contributed by atoms with Gasteiger partial charge in [0.15, 0.2) is 0 Å². The normalized spacial score (nSPS) is 14.6. The zero-order valence-electron chi connectivity index (χ0n) is 12.4. The highest BCUT2D eigenvalue weighted by molar-refractivity contribution is 5.83. The molecule has 1 amide bonds. The topological polar surface area (TPSA) is 87.7 Å². The number of esters is 1. The van der Waals surface area contributed by atoms with Crippen molar-refractivity contribution in [2.24, 2.45) is 5.41 Å². The highest BCUT2D eigenvalue weighted by Gasteiger charge is 2.21. The Labute approximate surface area is 114 Å². The molecule has 0 heterocycles. The van der Waals surface area contributed by atoms with E-state index in [1.807, 2.05) is 20.8 Å². The van der Waals surface area contributed by atoms with Gasteiger partial charge in [-0.2, -0.15) is 0 Å². The van der Waals surface area contributed by atoms with E-state index in [9.17, 15) is 14.7 Å². The fourth-order valence-corrected chi connectivity index (χ4v) is 1.75. The molecule has 2 unspecified atom stereocenters. The Morgan fingerprint density at radius 3 is 2.26 bits per heavy atom. The van der Waals surface area contributed by atoms with Crippen molar-refractivity contribution in [2.75, 3.05) is 20.2 Å². The minimum Gasteiger partial charge on any atom is -0.467 e. The molecule has 0 fully saturated rings. The molecule has 2 atom stereocenters. The van der Waals surface area contributed by atoms with Gasteiger partial charge in [-0.05, 0) is 11.8 Å². The number of ether oxygens (including phenoxy) is 1. The summed E-state index contributed by atoms with van der Waals surface area (Å²) in [7, 11) is 1.27. The molecule has 6 heteroatoms. The second-order valence-corrected chi connectivity index (χ2v) is 5.85. The summed E-state index contributed by atoms with van der Waals surface area (Å²) in [5, 5.41) is 15.3. The van der Waals surface area contributed by atoms with Crippen LogP contribution in [0.25, 0.3) is 0 Å². The van der Waals surface area contributed by atoms with Crippen LogP contribution < -0.4 is 10.6 Å². The van der Waals surface area contributed by atoms with E-state index in [1.165, 1.54) is 14.0 Å². The third kappa shape index (κ3) is 9.44. The highest BCUT2D eigenvalue weighted by Crippen LogP contribution is 2.20. The largest absolute Gasteiger partial charge is 0.467 e. The summed E-state index contributed by atoms with van der Waals surface area (Å²) in [6.07, 6.45) is 0.166. The fraction of sp³-hybridized carbons (Fsp3) is 0.846. The van der Waals surface area contributed by atoms with Gasteiger partial charge in [0.2, 0.25) is 5.91 Å². The summed E-state index contributed by atoms with van der Waals surface area (Å²) < 4.78 is 4.60. The van der Waals surface area contributed by atoms with Crippen molar-refractivity contribution >= 4 is 11.9 Å². The number of hydrogen-bond donors (Lipinski definition) is 3. The van der Waals surface area contributed by atoms with Crippen LogP contribution in [0.2, 0.25) is 0 Å². The third-order valence-electron chi connectivity index (χ3n) is 2.44. The number of carbonyl (C=O) groups excluding carboxylic acids is 2. The van der Waals surface area contributed by atoms with E-state index < -0.39 is 18.1 Å². The molecule has 0 radical (unpaired) electrons. The van der Waals surface area contributed by atoms with Crippen LogP contribution in [-0.4, -0.2) is 49.3 Å². The number of methoxy groups -OCH3 is 1. The van der Waals surface area contributed by atoms with Gasteiger partial charge in [0.25, 0.3) is 0 Å². The molecular weight excluding hydrogens is 248 g/mol. The molecule has 0 aromatic rings. The Morgan fingerprint density at radius 1 is 1.26 bits per heavy atom. The molecule has 0 bridgehead atoms. The van der Waals surface area contributed by atoms with Crippen molar-refractivity contribution in [3.63, 3.8) is 0 Å². The Kier molecular flexibility index (Phi) is 7.63. The van der Waals surface area contributed by atoms with Crippen molar-refractivity contribution in [1.29, 1.82) is 0 Å². The molecule has 0 aliphatic heterocycles. The first-order chi connectivity index (χ1) is 8.65. The van der Waals surface area contributed by atoms with Gasteiger partial charge in [0.05, 0.1) is 13.2 Å². The first-order valence-electron chi connectivity index (χ1n) is 6.39. The minimum absolute atomic E-state index is 0.0421. The van der Waals surface area contributed by atoms with E-state index in [2.05, 4.69) is 15.4 Å². The summed E-state index contributed by atoms with van der Waals surface area (Å²) in [5.74, 6) is -0.805. The molecule has 19 heavy (non-hydrogen) atoms. The molecule has 0 spiro atoms. The summed E-state index contributed by atoms with van der Waals surface area (Å²) in [4.78, 5) is 22.4. The number of rotatable bonds is 7. The minimum atomic E-state index is -0.732. The molecule has 0 aliphatic rings. The fourth-order valence-electron chi connectivity index (χ4n) is 1.75. The molecule has 0 saturated heterocycles. The monoisotopic (exact) mass is 274 g/mol. The predicted molar refractivity (Wildman–Crippen MR) is 72.6 cm³/mol. The van der Waals surface area contributed by atoms with Crippen LogP contribution in [0.5, 0.6) is 0 Å². The smallest absolute Gasteiger partial charge is 0.329 e. The van der Waals surface area contributed by atoms with Gasteiger partial charge >= 0.3 is 5.97 Å². The lowest BCUT2D eigenvalue weighted by Crippen LogP contribution is -2.48. The van der Waals surface area contributed by atoms with Crippen molar-refractivity contribution in [3.05, 3.63) is 0 Å². The summed E-state index contributed by atoms with van der Waals surface area (Å²) in [6, 6.07) is -0.732. The number of amides is 1. The van der Waals surface area contributed by atoms with Gasteiger partial charge in [-0.3, -0.25) is 4.79 Å². The summed E-state index contributed by atoms with van der Waals surface area (Å²) in [5.41, 5.74) is 0.0421. The van der Waals surface area contributed by atoms with Gasteiger partial charge in [-0.1, -0.05) is 20.8 Å². The maximum atomic E-state index is 11.4. The molecule has 0 rings (SSSR count). The zero-order valence-corrected chi connectivity index (χ0v) is 12.4. The lowest BCUT2D eigenvalue weighted by molar-refractivity contribution is -0.144. The van der Waals surface area contributed by atoms with Crippen molar-refractivity contribution < 1.29 is 19.4 Å². The number of nitrogens with one attached hydrogen (secondary N) is 2. The quantitative estimate of drug-likeness (QED) is 0.571. The summed E-state index contributed by atoms with van der Waals surface area (Å²) in [6.45, 7) is 8.07. The number of aliphatic hydroxyl groups is 1. The molecule has 0 aliphatic carbocycles. The maximum Gasteiger partial charge on any atom is 0.329 e. The van der Waals surface area contributed by atoms with Gasteiger partial charge in [-0.15, -0.1) is 0 Å². The van der Waals surface area contributed by atoms with Crippen LogP contribution in [0.4, 0.5) is 0 Å². The lowest BCUT2D eigenvalue weighted by atomic mass is 9.89. The van der Waals surface area contributed by atoms with Gasteiger partial charge in [-0.25, -0.2) is 4.79 Å². The predicted octanol–water partition coefficient (Wildman–Crippen LogP) is 0.0508. The lowest BCUT2D eigenvalue weighted by Gasteiger charge is -2.23. The first kappa shape index (κ1) is 17.9. The van der Waals surface area contributed by atoms with Gasteiger partial charge < -0.3 is 20.5 Å². The average Bonchev–Trinajstić information content (AvgIpc) is 2.23. The standard InChI is InChI=1S/C13H26N2O4/c1-9(16)15-11(12(18)19-5)8-14-7-10(17)6-13(2,3)4/h10-11,14,17H,6-8H2,1-5H3,(H,15,16). The van der Waals surface area contributed by atoms with Crippen molar-refractivity contribution in [1.82, 2.24) is 10.6 Å². The first-order valence-corrected chi connectivity index (χ1v) is 6.39. The van der Waals surface area contributed by atoms with Gasteiger partial charge in [0, 0.05) is 20.0 Å². The zero-order chi connectivity index (χ0) is 15.1. The Hall–Kier alpha value is -1.14. The van der Waals surface area contributed by atoms with Crippen LogP contribution in [0.3, 0.4) is 0 Å². The van der Waals surface area contributed by atoms with E-state index >= 15 is 0 Å².